The normalized spacial score (nSPS) is 15.5. The molecule has 4 rings (SSSR count). The molecular formula is C22H23F3N4O. The number of anilines is 1. The summed E-state index contributed by atoms with van der Waals surface area (Å²) in [6, 6.07) is 10.5. The number of H-pyrrole nitrogens is 1. The van der Waals surface area contributed by atoms with Gasteiger partial charge in [-0.1, -0.05) is 18.2 Å². The molecule has 0 unspecified atom stereocenters. The molecule has 3 aromatic rings. The Morgan fingerprint density at radius 3 is 2.63 bits per heavy atom. The van der Waals surface area contributed by atoms with Gasteiger partial charge in [0.2, 0.25) is 5.91 Å². The Bertz CT molecular complexity index is 1010. The van der Waals surface area contributed by atoms with E-state index < -0.39 is 11.7 Å². The minimum Gasteiger partial charge on any atom is -0.361 e. The molecule has 0 aliphatic carbocycles. The Morgan fingerprint density at radius 2 is 1.93 bits per heavy atom. The number of fused-ring (bicyclic) bond motifs is 1. The van der Waals surface area contributed by atoms with Gasteiger partial charge in [-0.2, -0.15) is 13.2 Å². The predicted octanol–water partition coefficient (Wildman–Crippen LogP) is 4.16. The van der Waals surface area contributed by atoms with Crippen molar-refractivity contribution in [2.24, 2.45) is 5.92 Å². The first-order valence-corrected chi connectivity index (χ1v) is 10.0. The van der Waals surface area contributed by atoms with E-state index in [4.69, 9.17) is 0 Å². The number of pyridine rings is 1. The van der Waals surface area contributed by atoms with Crippen LogP contribution >= 0.6 is 0 Å². The Kier molecular flexibility index (Phi) is 5.65. The van der Waals surface area contributed by atoms with Crippen molar-refractivity contribution < 1.29 is 18.0 Å². The van der Waals surface area contributed by atoms with E-state index in [0.29, 0.717) is 38.3 Å². The van der Waals surface area contributed by atoms with Gasteiger partial charge in [-0.3, -0.25) is 4.79 Å². The second-order valence-corrected chi connectivity index (χ2v) is 7.56. The fourth-order valence-corrected chi connectivity index (χ4v) is 3.91. The van der Waals surface area contributed by atoms with Gasteiger partial charge in [-0.25, -0.2) is 4.98 Å². The van der Waals surface area contributed by atoms with Crippen LogP contribution in [0.4, 0.5) is 19.0 Å². The number of para-hydroxylation sites is 1. The number of nitrogens with zero attached hydrogens (tertiary/aromatic N) is 2. The van der Waals surface area contributed by atoms with Crippen LogP contribution < -0.4 is 10.2 Å². The lowest BCUT2D eigenvalue weighted by molar-refractivity contribution is -0.137. The van der Waals surface area contributed by atoms with Gasteiger partial charge < -0.3 is 15.2 Å². The summed E-state index contributed by atoms with van der Waals surface area (Å²) in [5.41, 5.74) is 1.51. The van der Waals surface area contributed by atoms with Crippen LogP contribution in [0.15, 0.2) is 48.8 Å². The van der Waals surface area contributed by atoms with E-state index in [2.05, 4.69) is 21.4 Å². The van der Waals surface area contributed by atoms with Gasteiger partial charge in [-0.05, 0) is 43.0 Å². The zero-order chi connectivity index (χ0) is 21.1. The third-order valence-electron chi connectivity index (χ3n) is 5.63. The molecule has 8 heteroatoms. The maximum Gasteiger partial charge on any atom is 0.417 e. The van der Waals surface area contributed by atoms with Gasteiger partial charge in [0.1, 0.15) is 5.82 Å². The molecule has 5 nitrogen and oxygen atoms in total. The molecule has 0 saturated carbocycles. The molecule has 0 radical (unpaired) electrons. The summed E-state index contributed by atoms with van der Waals surface area (Å²) in [5.74, 6) is 0.467. The van der Waals surface area contributed by atoms with Crippen LogP contribution in [0.1, 0.15) is 24.0 Å². The fourth-order valence-electron chi connectivity index (χ4n) is 3.91. The fraction of sp³-hybridized carbons (Fsp3) is 0.364. The number of halogens is 3. The first-order chi connectivity index (χ1) is 14.4. The predicted molar refractivity (Wildman–Crippen MR) is 109 cm³/mol. The molecule has 2 aromatic heterocycles. The highest BCUT2D eigenvalue weighted by Crippen LogP contribution is 2.30. The Morgan fingerprint density at radius 1 is 1.17 bits per heavy atom. The molecule has 30 heavy (non-hydrogen) atoms. The van der Waals surface area contributed by atoms with Crippen molar-refractivity contribution in [2.45, 2.75) is 25.4 Å². The number of hydrogen-bond acceptors (Lipinski definition) is 3. The number of hydrogen-bond donors (Lipinski definition) is 2. The third kappa shape index (κ3) is 4.42. The molecule has 1 aliphatic rings. The monoisotopic (exact) mass is 416 g/mol. The minimum atomic E-state index is -4.39. The van der Waals surface area contributed by atoms with Crippen molar-refractivity contribution in [1.82, 2.24) is 15.3 Å². The highest BCUT2D eigenvalue weighted by Gasteiger charge is 2.31. The number of rotatable bonds is 5. The number of aromatic amines is 1. The van der Waals surface area contributed by atoms with Crippen molar-refractivity contribution >= 4 is 22.6 Å². The van der Waals surface area contributed by atoms with Crippen molar-refractivity contribution in [3.05, 3.63) is 59.9 Å². The lowest BCUT2D eigenvalue weighted by atomic mass is 9.95. The molecule has 2 N–H and O–H groups in total. The number of nitrogens with one attached hydrogen (secondary N) is 2. The van der Waals surface area contributed by atoms with E-state index in [9.17, 15) is 18.0 Å². The molecule has 0 atom stereocenters. The first kappa shape index (κ1) is 20.3. The van der Waals surface area contributed by atoms with Gasteiger partial charge in [0.25, 0.3) is 0 Å². The number of carbonyl (C=O) groups excluding carboxylic acids is 1. The summed E-state index contributed by atoms with van der Waals surface area (Å²) < 4.78 is 38.0. The van der Waals surface area contributed by atoms with E-state index in [1.54, 1.807) is 0 Å². The molecule has 1 saturated heterocycles. The topological polar surface area (TPSA) is 61.0 Å². The number of benzene rings is 1. The molecule has 1 amide bonds. The molecule has 1 aliphatic heterocycles. The Hall–Kier alpha value is -3.03. The highest BCUT2D eigenvalue weighted by atomic mass is 19.4. The summed E-state index contributed by atoms with van der Waals surface area (Å²) in [6.45, 7) is 1.76. The highest BCUT2D eigenvalue weighted by molar-refractivity contribution is 5.83. The molecule has 0 spiro atoms. The van der Waals surface area contributed by atoms with Gasteiger partial charge in [0.15, 0.2) is 0 Å². The average Bonchev–Trinajstić information content (AvgIpc) is 3.16. The maximum absolute atomic E-state index is 12.7. The smallest absolute Gasteiger partial charge is 0.361 e. The van der Waals surface area contributed by atoms with E-state index in [1.165, 1.54) is 17.0 Å². The minimum absolute atomic E-state index is 0.0369. The molecule has 1 fully saturated rings. The number of amides is 1. The lowest BCUT2D eigenvalue weighted by Crippen LogP contribution is -2.41. The SMILES string of the molecule is O=C(NCCc1c[nH]c2ccccc12)C1CCN(c2ccc(C(F)(F)F)cn2)CC1. The number of piperidine rings is 1. The van der Waals surface area contributed by atoms with E-state index in [-0.39, 0.29) is 11.8 Å². The molecule has 0 bridgehead atoms. The van der Waals surface area contributed by atoms with Crippen LogP contribution in [0.25, 0.3) is 10.9 Å². The van der Waals surface area contributed by atoms with Gasteiger partial charge in [0.05, 0.1) is 5.56 Å². The van der Waals surface area contributed by atoms with Crippen molar-refractivity contribution in [2.75, 3.05) is 24.5 Å². The number of alkyl halides is 3. The Balaban J connectivity index is 1.25. The molecule has 158 valence electrons. The summed E-state index contributed by atoms with van der Waals surface area (Å²) in [6.07, 6.45) is 0.516. The van der Waals surface area contributed by atoms with Gasteiger partial charge in [0, 0.05) is 48.8 Å². The second-order valence-electron chi connectivity index (χ2n) is 7.56. The Labute approximate surface area is 172 Å². The number of aromatic nitrogens is 2. The average molecular weight is 416 g/mol. The van der Waals surface area contributed by atoms with Crippen LogP contribution in [0.2, 0.25) is 0 Å². The van der Waals surface area contributed by atoms with E-state index >= 15 is 0 Å². The van der Waals surface area contributed by atoms with Crippen molar-refractivity contribution in [3.8, 4) is 0 Å². The standard InChI is InChI=1S/C22H23F3N4O/c23-22(24,25)17-5-6-20(28-14-17)29-11-8-15(9-12-29)21(30)26-10-7-16-13-27-19-4-2-1-3-18(16)19/h1-6,13-15,27H,7-12H2,(H,26,30). The van der Waals surface area contributed by atoms with Crippen LogP contribution in [0.5, 0.6) is 0 Å². The maximum atomic E-state index is 12.7. The zero-order valence-electron chi connectivity index (χ0n) is 16.4. The van der Waals surface area contributed by atoms with E-state index in [0.717, 1.165) is 24.2 Å². The molecule has 3 heterocycles. The largest absolute Gasteiger partial charge is 0.417 e. The summed E-state index contributed by atoms with van der Waals surface area (Å²) in [4.78, 5) is 21.6. The molecule has 1 aromatic carbocycles. The third-order valence-corrected chi connectivity index (χ3v) is 5.63. The van der Waals surface area contributed by atoms with Crippen LogP contribution in [0, 0.1) is 5.92 Å². The summed E-state index contributed by atoms with van der Waals surface area (Å²) >= 11 is 0. The van der Waals surface area contributed by atoms with Crippen LogP contribution in [0.3, 0.4) is 0 Å². The summed E-state index contributed by atoms with van der Waals surface area (Å²) in [5, 5.41) is 4.19. The van der Waals surface area contributed by atoms with E-state index in [1.807, 2.05) is 29.3 Å². The molecular weight excluding hydrogens is 393 g/mol. The lowest BCUT2D eigenvalue weighted by Gasteiger charge is -2.32. The second kappa shape index (κ2) is 8.38. The quantitative estimate of drug-likeness (QED) is 0.657. The first-order valence-electron chi connectivity index (χ1n) is 10.0. The summed E-state index contributed by atoms with van der Waals surface area (Å²) in [7, 11) is 0. The van der Waals surface area contributed by atoms with Crippen LogP contribution in [-0.4, -0.2) is 35.5 Å². The zero-order valence-corrected chi connectivity index (χ0v) is 16.4. The van der Waals surface area contributed by atoms with Crippen LogP contribution in [-0.2, 0) is 17.4 Å². The number of carbonyl (C=O) groups is 1. The van der Waals surface area contributed by atoms with Crippen molar-refractivity contribution in [1.29, 1.82) is 0 Å². The van der Waals surface area contributed by atoms with Gasteiger partial charge >= 0.3 is 6.18 Å². The van der Waals surface area contributed by atoms with Crippen molar-refractivity contribution in [3.63, 3.8) is 0 Å². The van der Waals surface area contributed by atoms with Gasteiger partial charge in [-0.15, -0.1) is 0 Å².